The highest BCUT2D eigenvalue weighted by atomic mass is 32.2. The van der Waals surface area contributed by atoms with Gasteiger partial charge in [0, 0.05) is 25.2 Å². The summed E-state index contributed by atoms with van der Waals surface area (Å²) < 4.78 is 5.97. The van der Waals surface area contributed by atoms with Crippen molar-refractivity contribution >= 4 is 17.7 Å². The van der Waals surface area contributed by atoms with Crippen LogP contribution in [0.25, 0.3) is 11.5 Å². The summed E-state index contributed by atoms with van der Waals surface area (Å²) in [7, 11) is 0. The molecule has 1 N–H and O–H groups in total. The van der Waals surface area contributed by atoms with Gasteiger partial charge in [-0.1, -0.05) is 32.4 Å². The zero-order chi connectivity index (χ0) is 22.8. The monoisotopic (exact) mass is 457 g/mol. The molecular formula is C26H39N3O2S. The Morgan fingerprint density at radius 1 is 1.22 bits per heavy atom. The summed E-state index contributed by atoms with van der Waals surface area (Å²) in [5.41, 5.74) is 3.30. The number of aromatic nitrogens is 1. The SMILES string of the molecule is CCCCSCCCNC(=O)[C@H]1CCCN(Cc2nc(-c3ccc(CC)cc3)oc2C)C1. The molecule has 1 saturated heterocycles. The second-order valence-corrected chi connectivity index (χ2v) is 9.98. The number of amides is 1. The first-order valence-corrected chi connectivity index (χ1v) is 13.4. The highest BCUT2D eigenvalue weighted by molar-refractivity contribution is 7.99. The lowest BCUT2D eigenvalue weighted by atomic mass is 9.97. The Morgan fingerprint density at radius 3 is 2.75 bits per heavy atom. The third kappa shape index (κ3) is 7.38. The van der Waals surface area contributed by atoms with Crippen LogP contribution in [0.4, 0.5) is 0 Å². The molecular weight excluding hydrogens is 418 g/mol. The minimum absolute atomic E-state index is 0.0739. The zero-order valence-electron chi connectivity index (χ0n) is 20.0. The van der Waals surface area contributed by atoms with E-state index in [1.807, 2.05) is 18.7 Å². The van der Waals surface area contributed by atoms with Crippen molar-refractivity contribution in [2.45, 2.75) is 65.8 Å². The molecule has 3 rings (SSSR count). The van der Waals surface area contributed by atoms with Crippen molar-refractivity contribution in [3.8, 4) is 11.5 Å². The molecule has 1 fully saturated rings. The van der Waals surface area contributed by atoms with Crippen molar-refractivity contribution in [3.63, 3.8) is 0 Å². The molecule has 1 aromatic carbocycles. The number of hydrogen-bond donors (Lipinski definition) is 1. The normalized spacial score (nSPS) is 16.9. The molecule has 0 saturated carbocycles. The van der Waals surface area contributed by atoms with E-state index in [1.165, 1.54) is 24.2 Å². The Bertz CT molecular complexity index is 834. The Labute approximate surface area is 197 Å². The summed E-state index contributed by atoms with van der Waals surface area (Å²) in [5, 5.41) is 3.16. The van der Waals surface area contributed by atoms with E-state index in [0.29, 0.717) is 5.89 Å². The minimum atomic E-state index is 0.0739. The number of piperidine rings is 1. The predicted octanol–water partition coefficient (Wildman–Crippen LogP) is 5.46. The van der Waals surface area contributed by atoms with Crippen LogP contribution in [0.5, 0.6) is 0 Å². The van der Waals surface area contributed by atoms with Crippen LogP contribution < -0.4 is 5.32 Å². The van der Waals surface area contributed by atoms with Crippen LogP contribution in [0.3, 0.4) is 0 Å². The van der Waals surface area contributed by atoms with Crippen molar-refractivity contribution in [1.82, 2.24) is 15.2 Å². The molecule has 1 atom stereocenters. The van der Waals surface area contributed by atoms with Gasteiger partial charge in [0.1, 0.15) is 5.76 Å². The van der Waals surface area contributed by atoms with Gasteiger partial charge in [-0.3, -0.25) is 9.69 Å². The third-order valence-corrected chi connectivity index (χ3v) is 7.31. The molecule has 1 aromatic heterocycles. The number of unbranched alkanes of at least 4 members (excludes halogenated alkanes) is 1. The highest BCUT2D eigenvalue weighted by Gasteiger charge is 2.26. The van der Waals surface area contributed by atoms with E-state index in [-0.39, 0.29) is 11.8 Å². The smallest absolute Gasteiger partial charge is 0.226 e. The fourth-order valence-corrected chi connectivity index (χ4v) is 5.13. The van der Waals surface area contributed by atoms with Crippen molar-refractivity contribution < 1.29 is 9.21 Å². The minimum Gasteiger partial charge on any atom is -0.441 e. The van der Waals surface area contributed by atoms with Gasteiger partial charge in [-0.05, 0) is 74.8 Å². The van der Waals surface area contributed by atoms with E-state index in [1.54, 1.807) is 0 Å². The van der Waals surface area contributed by atoms with Crippen LogP contribution in [-0.2, 0) is 17.8 Å². The van der Waals surface area contributed by atoms with Gasteiger partial charge in [-0.25, -0.2) is 4.98 Å². The molecule has 32 heavy (non-hydrogen) atoms. The zero-order valence-corrected chi connectivity index (χ0v) is 20.8. The van der Waals surface area contributed by atoms with Gasteiger partial charge >= 0.3 is 0 Å². The van der Waals surface area contributed by atoms with Gasteiger partial charge in [0.2, 0.25) is 11.8 Å². The van der Waals surface area contributed by atoms with E-state index >= 15 is 0 Å². The van der Waals surface area contributed by atoms with Crippen molar-refractivity contribution in [2.24, 2.45) is 5.92 Å². The Balaban J connectivity index is 1.47. The van der Waals surface area contributed by atoms with Gasteiger partial charge < -0.3 is 9.73 Å². The van der Waals surface area contributed by atoms with Crippen LogP contribution in [0.15, 0.2) is 28.7 Å². The number of likely N-dealkylation sites (tertiary alicyclic amines) is 1. The highest BCUT2D eigenvalue weighted by Crippen LogP contribution is 2.25. The summed E-state index contributed by atoms with van der Waals surface area (Å²) in [6.07, 6.45) is 6.64. The maximum Gasteiger partial charge on any atom is 0.226 e. The van der Waals surface area contributed by atoms with Gasteiger partial charge in [-0.15, -0.1) is 0 Å². The molecule has 0 spiro atoms. The predicted molar refractivity (Wildman–Crippen MR) is 134 cm³/mol. The van der Waals surface area contributed by atoms with Crippen LogP contribution >= 0.6 is 11.8 Å². The summed E-state index contributed by atoms with van der Waals surface area (Å²) in [6, 6.07) is 8.42. The molecule has 5 nitrogen and oxygen atoms in total. The number of oxazole rings is 1. The number of nitrogens with zero attached hydrogens (tertiary/aromatic N) is 2. The fourth-order valence-electron chi connectivity index (χ4n) is 4.08. The van der Waals surface area contributed by atoms with Gasteiger partial charge in [0.15, 0.2) is 0 Å². The molecule has 1 aliphatic heterocycles. The first kappa shape index (κ1) is 24.8. The van der Waals surface area contributed by atoms with Crippen molar-refractivity contribution in [3.05, 3.63) is 41.3 Å². The summed E-state index contributed by atoms with van der Waals surface area (Å²) >= 11 is 1.99. The van der Waals surface area contributed by atoms with Crippen molar-refractivity contribution in [1.29, 1.82) is 0 Å². The number of rotatable bonds is 12. The average molecular weight is 458 g/mol. The van der Waals surface area contributed by atoms with E-state index in [4.69, 9.17) is 9.40 Å². The molecule has 0 radical (unpaired) electrons. The molecule has 2 aromatic rings. The first-order chi connectivity index (χ1) is 15.6. The topological polar surface area (TPSA) is 58.4 Å². The Kier molecular flexibility index (Phi) is 10.1. The standard InChI is InChI=1S/C26H39N3O2S/c1-4-6-16-32-17-8-14-27-25(30)23-9-7-15-29(18-23)19-24-20(3)31-26(28-24)22-12-10-21(5-2)11-13-22/h10-13,23H,4-9,14-19H2,1-3H3,(H,27,30)/t23-/m0/s1. The number of aryl methyl sites for hydroxylation is 2. The summed E-state index contributed by atoms with van der Waals surface area (Å²) in [5.74, 6) is 4.20. The van der Waals surface area contributed by atoms with Gasteiger partial charge in [-0.2, -0.15) is 11.8 Å². The number of benzene rings is 1. The van der Waals surface area contributed by atoms with E-state index in [2.05, 4.69) is 48.3 Å². The molecule has 1 amide bonds. The number of nitrogens with one attached hydrogen (secondary N) is 1. The van der Waals surface area contributed by atoms with Gasteiger partial charge in [0.25, 0.3) is 0 Å². The Hall–Kier alpha value is -1.79. The number of carbonyl (C=O) groups excluding carboxylic acids is 1. The number of carbonyl (C=O) groups is 1. The van der Waals surface area contributed by atoms with E-state index < -0.39 is 0 Å². The molecule has 0 unspecified atom stereocenters. The second-order valence-electron chi connectivity index (χ2n) is 8.76. The Morgan fingerprint density at radius 2 is 2.00 bits per heavy atom. The van der Waals surface area contributed by atoms with E-state index in [9.17, 15) is 4.79 Å². The average Bonchev–Trinajstić information content (AvgIpc) is 3.18. The lowest BCUT2D eigenvalue weighted by Crippen LogP contribution is -2.43. The number of hydrogen-bond acceptors (Lipinski definition) is 5. The maximum atomic E-state index is 12.7. The quantitative estimate of drug-likeness (QED) is 0.429. The molecule has 0 aliphatic carbocycles. The van der Waals surface area contributed by atoms with Gasteiger partial charge in [0.05, 0.1) is 11.6 Å². The largest absolute Gasteiger partial charge is 0.441 e. The number of thioether (sulfide) groups is 1. The maximum absolute atomic E-state index is 12.7. The summed E-state index contributed by atoms with van der Waals surface area (Å²) in [4.78, 5) is 19.8. The lowest BCUT2D eigenvalue weighted by molar-refractivity contribution is -0.126. The van der Waals surface area contributed by atoms with Crippen LogP contribution in [-0.4, -0.2) is 46.9 Å². The van der Waals surface area contributed by atoms with Crippen LogP contribution in [0.2, 0.25) is 0 Å². The second kappa shape index (κ2) is 13.0. The lowest BCUT2D eigenvalue weighted by Gasteiger charge is -2.31. The third-order valence-electron chi connectivity index (χ3n) is 6.16. The molecule has 6 heteroatoms. The fraction of sp³-hybridized carbons (Fsp3) is 0.615. The van der Waals surface area contributed by atoms with Crippen molar-refractivity contribution in [2.75, 3.05) is 31.1 Å². The first-order valence-electron chi connectivity index (χ1n) is 12.2. The molecule has 176 valence electrons. The van der Waals surface area contributed by atoms with E-state index in [0.717, 1.165) is 74.6 Å². The molecule has 0 bridgehead atoms. The molecule has 1 aliphatic rings. The molecule has 2 heterocycles. The summed E-state index contributed by atoms with van der Waals surface area (Å²) in [6.45, 7) is 9.69. The van der Waals surface area contributed by atoms with Crippen LogP contribution in [0, 0.1) is 12.8 Å². The van der Waals surface area contributed by atoms with Crippen LogP contribution in [0.1, 0.15) is 63.0 Å².